The maximum absolute atomic E-state index is 13.2. The minimum Gasteiger partial charge on any atom is -0.465 e. The minimum atomic E-state index is -0.501. The molecule has 1 aromatic carbocycles. The fraction of sp³-hybridized carbons (Fsp3) is 0.385. The van der Waals surface area contributed by atoms with E-state index in [1.54, 1.807) is 13.8 Å². The number of esters is 1. The maximum Gasteiger partial charge on any atom is 0.325 e. The van der Waals surface area contributed by atoms with Crippen LogP contribution in [-0.2, 0) is 9.53 Å². The molecular weight excluding hydrogens is 317 g/mol. The fourth-order valence-electron chi connectivity index (χ4n) is 1.52. The zero-order valence-electron chi connectivity index (χ0n) is 10.8. The summed E-state index contributed by atoms with van der Waals surface area (Å²) in [4.78, 5) is 24.9. The van der Waals surface area contributed by atoms with Crippen LogP contribution in [0.4, 0.5) is 4.39 Å². The molecule has 1 aromatic rings. The number of rotatable bonds is 5. The second-order valence-corrected chi connectivity index (χ2v) is 4.60. The first-order chi connectivity index (χ1) is 8.99. The molecule has 0 aliphatic carbocycles. The largest absolute Gasteiger partial charge is 0.465 e. The van der Waals surface area contributed by atoms with Crippen molar-refractivity contribution in [2.75, 3.05) is 19.7 Å². The first-order valence-corrected chi connectivity index (χ1v) is 6.68. The van der Waals surface area contributed by atoms with E-state index in [1.807, 2.05) is 0 Å². The zero-order chi connectivity index (χ0) is 14.4. The number of ether oxygens (including phenoxy) is 1. The standard InChI is InChI=1S/C13H15BrFNO3/c1-3-16(8-12(17)19-4-2)13(18)10-7-9(15)5-6-11(10)14/h5-7H,3-4,8H2,1-2H3. The Balaban J connectivity index is 2.89. The number of hydrogen-bond acceptors (Lipinski definition) is 3. The lowest BCUT2D eigenvalue weighted by atomic mass is 10.2. The van der Waals surface area contributed by atoms with Gasteiger partial charge in [-0.25, -0.2) is 4.39 Å². The van der Waals surface area contributed by atoms with Gasteiger partial charge < -0.3 is 9.64 Å². The Bertz CT molecular complexity index is 479. The number of carbonyl (C=O) groups is 2. The number of hydrogen-bond donors (Lipinski definition) is 0. The lowest BCUT2D eigenvalue weighted by Gasteiger charge is -2.20. The summed E-state index contributed by atoms with van der Waals surface area (Å²) >= 11 is 3.20. The number of benzene rings is 1. The average Bonchev–Trinajstić information content (AvgIpc) is 2.38. The van der Waals surface area contributed by atoms with Gasteiger partial charge in [-0.15, -0.1) is 0 Å². The Labute approximate surface area is 119 Å². The van der Waals surface area contributed by atoms with Crippen molar-refractivity contribution in [1.82, 2.24) is 4.90 Å². The maximum atomic E-state index is 13.2. The molecular formula is C13H15BrFNO3. The van der Waals surface area contributed by atoms with Crippen LogP contribution >= 0.6 is 15.9 Å². The highest BCUT2D eigenvalue weighted by Crippen LogP contribution is 2.19. The van der Waals surface area contributed by atoms with Gasteiger partial charge in [-0.3, -0.25) is 9.59 Å². The van der Waals surface area contributed by atoms with Crippen LogP contribution in [0.5, 0.6) is 0 Å². The molecule has 0 aliphatic heterocycles. The minimum absolute atomic E-state index is 0.147. The molecule has 0 spiro atoms. The van der Waals surface area contributed by atoms with Crippen molar-refractivity contribution in [3.8, 4) is 0 Å². The van der Waals surface area contributed by atoms with Gasteiger partial charge in [0.05, 0.1) is 12.2 Å². The summed E-state index contributed by atoms with van der Waals surface area (Å²) in [5.74, 6) is -1.40. The van der Waals surface area contributed by atoms with E-state index in [1.165, 1.54) is 17.0 Å². The third-order valence-electron chi connectivity index (χ3n) is 2.45. The van der Waals surface area contributed by atoms with E-state index in [2.05, 4.69) is 15.9 Å². The van der Waals surface area contributed by atoms with E-state index in [4.69, 9.17) is 4.74 Å². The smallest absolute Gasteiger partial charge is 0.325 e. The molecule has 104 valence electrons. The molecule has 0 atom stereocenters. The molecule has 1 amide bonds. The Morgan fingerprint density at radius 3 is 2.63 bits per heavy atom. The van der Waals surface area contributed by atoms with Crippen molar-refractivity contribution in [2.45, 2.75) is 13.8 Å². The van der Waals surface area contributed by atoms with Gasteiger partial charge in [0.15, 0.2) is 0 Å². The molecule has 0 radical (unpaired) electrons. The number of nitrogens with zero attached hydrogens (tertiary/aromatic N) is 1. The summed E-state index contributed by atoms with van der Waals surface area (Å²) < 4.78 is 18.5. The third-order valence-corrected chi connectivity index (χ3v) is 3.14. The van der Waals surface area contributed by atoms with Crippen LogP contribution in [0.15, 0.2) is 22.7 Å². The number of halogens is 2. The van der Waals surface area contributed by atoms with Crippen molar-refractivity contribution in [2.24, 2.45) is 0 Å². The van der Waals surface area contributed by atoms with Crippen LogP contribution in [0, 0.1) is 5.82 Å². The summed E-state index contributed by atoms with van der Waals surface area (Å²) in [6.45, 7) is 3.88. The highest BCUT2D eigenvalue weighted by Gasteiger charge is 2.20. The van der Waals surface area contributed by atoms with Crippen molar-refractivity contribution in [3.05, 3.63) is 34.1 Å². The first kappa shape index (κ1) is 15.6. The third kappa shape index (κ3) is 4.31. The second-order valence-electron chi connectivity index (χ2n) is 3.75. The van der Waals surface area contributed by atoms with Gasteiger partial charge in [0.25, 0.3) is 5.91 Å². The van der Waals surface area contributed by atoms with Gasteiger partial charge in [0.2, 0.25) is 0 Å². The molecule has 0 heterocycles. The van der Waals surface area contributed by atoms with Gasteiger partial charge in [-0.05, 0) is 48.0 Å². The molecule has 19 heavy (non-hydrogen) atoms. The summed E-state index contributed by atoms with van der Waals surface area (Å²) in [7, 11) is 0. The Kier molecular flexibility index (Phi) is 5.95. The Morgan fingerprint density at radius 2 is 2.05 bits per heavy atom. The van der Waals surface area contributed by atoms with Gasteiger partial charge in [0.1, 0.15) is 12.4 Å². The number of amides is 1. The van der Waals surface area contributed by atoms with Gasteiger partial charge in [0, 0.05) is 11.0 Å². The van der Waals surface area contributed by atoms with Crippen LogP contribution in [-0.4, -0.2) is 36.5 Å². The molecule has 0 N–H and O–H groups in total. The molecule has 0 saturated heterocycles. The highest BCUT2D eigenvalue weighted by atomic mass is 79.9. The van der Waals surface area contributed by atoms with E-state index in [0.29, 0.717) is 11.0 Å². The molecule has 0 fully saturated rings. The molecule has 0 aromatic heterocycles. The molecule has 4 nitrogen and oxygen atoms in total. The second kappa shape index (κ2) is 7.23. The fourth-order valence-corrected chi connectivity index (χ4v) is 1.94. The van der Waals surface area contributed by atoms with E-state index < -0.39 is 17.7 Å². The van der Waals surface area contributed by atoms with Crippen LogP contribution in [0.25, 0.3) is 0 Å². The van der Waals surface area contributed by atoms with Crippen LogP contribution in [0.2, 0.25) is 0 Å². The van der Waals surface area contributed by atoms with Crippen LogP contribution < -0.4 is 0 Å². The molecule has 1 rings (SSSR count). The van der Waals surface area contributed by atoms with E-state index in [9.17, 15) is 14.0 Å². The van der Waals surface area contributed by atoms with Gasteiger partial charge >= 0.3 is 5.97 Å². The quantitative estimate of drug-likeness (QED) is 0.779. The molecule has 0 bridgehead atoms. The van der Waals surface area contributed by atoms with E-state index in [0.717, 1.165) is 6.07 Å². The van der Waals surface area contributed by atoms with Crippen LogP contribution in [0.1, 0.15) is 24.2 Å². The monoisotopic (exact) mass is 331 g/mol. The molecule has 0 saturated carbocycles. The lowest BCUT2D eigenvalue weighted by Crippen LogP contribution is -2.36. The zero-order valence-corrected chi connectivity index (χ0v) is 12.4. The summed E-state index contributed by atoms with van der Waals surface area (Å²) in [6.07, 6.45) is 0. The summed E-state index contributed by atoms with van der Waals surface area (Å²) in [6, 6.07) is 3.85. The molecule has 0 aliphatic rings. The van der Waals surface area contributed by atoms with Crippen LogP contribution in [0.3, 0.4) is 0 Å². The highest BCUT2D eigenvalue weighted by molar-refractivity contribution is 9.10. The lowest BCUT2D eigenvalue weighted by molar-refractivity contribution is -0.143. The van der Waals surface area contributed by atoms with Gasteiger partial charge in [-0.2, -0.15) is 0 Å². The van der Waals surface area contributed by atoms with Crippen molar-refractivity contribution >= 4 is 27.8 Å². The van der Waals surface area contributed by atoms with Crippen molar-refractivity contribution in [3.63, 3.8) is 0 Å². The average molecular weight is 332 g/mol. The van der Waals surface area contributed by atoms with Crippen molar-refractivity contribution < 1.29 is 18.7 Å². The first-order valence-electron chi connectivity index (χ1n) is 5.89. The Hall–Kier alpha value is -1.43. The Morgan fingerprint density at radius 1 is 1.37 bits per heavy atom. The predicted octanol–water partition coefficient (Wildman–Crippen LogP) is 2.61. The normalized spacial score (nSPS) is 10.1. The topological polar surface area (TPSA) is 46.6 Å². The SMILES string of the molecule is CCOC(=O)CN(CC)C(=O)c1cc(F)ccc1Br. The molecule has 0 unspecified atom stereocenters. The molecule has 6 heteroatoms. The van der Waals surface area contributed by atoms with E-state index >= 15 is 0 Å². The predicted molar refractivity (Wildman–Crippen MR) is 72.3 cm³/mol. The van der Waals surface area contributed by atoms with E-state index in [-0.39, 0.29) is 18.7 Å². The van der Waals surface area contributed by atoms with Crippen molar-refractivity contribution in [1.29, 1.82) is 0 Å². The number of likely N-dealkylation sites (N-methyl/N-ethyl adjacent to an activating group) is 1. The summed E-state index contributed by atoms with van der Waals surface area (Å²) in [5, 5.41) is 0. The summed E-state index contributed by atoms with van der Waals surface area (Å²) in [5.41, 5.74) is 0.186. The number of carbonyl (C=O) groups excluding carboxylic acids is 2. The van der Waals surface area contributed by atoms with Gasteiger partial charge in [-0.1, -0.05) is 0 Å².